The van der Waals surface area contributed by atoms with Gasteiger partial charge in [-0.05, 0) is 48.7 Å². The number of anilines is 3. The Morgan fingerprint density at radius 2 is 1.73 bits per heavy atom. The number of benzene rings is 2. The lowest BCUT2D eigenvalue weighted by atomic mass is 10.0. The molecule has 0 saturated heterocycles. The van der Waals surface area contributed by atoms with Crippen molar-refractivity contribution in [2.45, 2.75) is 12.8 Å². The van der Waals surface area contributed by atoms with Gasteiger partial charge in [-0.3, -0.25) is 4.79 Å². The Labute approximate surface area is 152 Å². The molecule has 0 atom stereocenters. The van der Waals surface area contributed by atoms with Crippen LogP contribution in [0.3, 0.4) is 0 Å². The number of carbonyl (C=O) groups is 1. The van der Waals surface area contributed by atoms with E-state index in [9.17, 15) is 4.79 Å². The molecule has 26 heavy (non-hydrogen) atoms. The summed E-state index contributed by atoms with van der Waals surface area (Å²) >= 11 is 0. The Morgan fingerprint density at radius 1 is 0.962 bits per heavy atom. The van der Waals surface area contributed by atoms with Crippen LogP contribution in [0.2, 0.25) is 0 Å². The van der Waals surface area contributed by atoms with Crippen molar-refractivity contribution in [3.05, 3.63) is 78.0 Å². The molecule has 0 fully saturated rings. The zero-order valence-electron chi connectivity index (χ0n) is 14.7. The van der Waals surface area contributed by atoms with Gasteiger partial charge < -0.3 is 9.80 Å². The third-order valence-corrected chi connectivity index (χ3v) is 4.70. The minimum Gasteiger partial charge on any atom is -0.325 e. The fourth-order valence-corrected chi connectivity index (χ4v) is 3.30. The summed E-state index contributed by atoms with van der Waals surface area (Å²) < 4.78 is 0. The molecule has 1 aromatic heterocycles. The standard InChI is InChI=1S/C21H20N4O/c1-24(17-10-3-2-4-11-17)21(26)18-13-14-20(23-22-18)25-15-7-9-16-8-5-6-12-19(16)25/h2-6,8,10-14H,7,9,15H2,1H3. The van der Waals surface area contributed by atoms with Crippen molar-refractivity contribution < 1.29 is 4.79 Å². The van der Waals surface area contributed by atoms with Crippen LogP contribution in [-0.4, -0.2) is 29.7 Å². The fourth-order valence-electron chi connectivity index (χ4n) is 3.30. The smallest absolute Gasteiger partial charge is 0.278 e. The van der Waals surface area contributed by atoms with E-state index in [1.54, 1.807) is 18.0 Å². The predicted molar refractivity (Wildman–Crippen MR) is 103 cm³/mol. The summed E-state index contributed by atoms with van der Waals surface area (Å²) in [5, 5.41) is 8.52. The van der Waals surface area contributed by atoms with Crippen molar-refractivity contribution >= 4 is 23.1 Å². The maximum absolute atomic E-state index is 12.6. The van der Waals surface area contributed by atoms with E-state index < -0.39 is 0 Å². The largest absolute Gasteiger partial charge is 0.325 e. The lowest BCUT2D eigenvalue weighted by molar-refractivity contribution is 0.0987. The summed E-state index contributed by atoms with van der Waals surface area (Å²) in [5.74, 6) is 0.602. The van der Waals surface area contributed by atoms with Crippen LogP contribution in [0.4, 0.5) is 17.2 Å². The lowest BCUT2D eigenvalue weighted by Gasteiger charge is -2.30. The first-order chi connectivity index (χ1) is 12.7. The second-order valence-corrected chi connectivity index (χ2v) is 6.36. The number of fused-ring (bicyclic) bond motifs is 1. The Hall–Kier alpha value is -3.21. The summed E-state index contributed by atoms with van der Waals surface area (Å²) in [5.41, 5.74) is 3.66. The van der Waals surface area contributed by atoms with Crippen LogP contribution in [0.15, 0.2) is 66.7 Å². The van der Waals surface area contributed by atoms with E-state index >= 15 is 0 Å². The first kappa shape index (κ1) is 16.3. The van der Waals surface area contributed by atoms with Crippen LogP contribution in [0.5, 0.6) is 0 Å². The molecule has 1 amide bonds. The van der Waals surface area contributed by atoms with Gasteiger partial charge in [0.05, 0.1) is 0 Å². The Kier molecular flexibility index (Phi) is 4.35. The van der Waals surface area contributed by atoms with Gasteiger partial charge >= 0.3 is 0 Å². The van der Waals surface area contributed by atoms with E-state index in [-0.39, 0.29) is 5.91 Å². The van der Waals surface area contributed by atoms with E-state index in [4.69, 9.17) is 0 Å². The molecule has 5 heteroatoms. The van der Waals surface area contributed by atoms with E-state index in [1.165, 1.54) is 11.3 Å². The van der Waals surface area contributed by atoms with Crippen LogP contribution >= 0.6 is 0 Å². The number of aryl methyl sites for hydroxylation is 1. The van der Waals surface area contributed by atoms with Gasteiger partial charge in [0.2, 0.25) is 0 Å². The summed E-state index contributed by atoms with van der Waals surface area (Å²) in [6.07, 6.45) is 2.16. The second-order valence-electron chi connectivity index (χ2n) is 6.36. The van der Waals surface area contributed by atoms with Crippen molar-refractivity contribution in [2.75, 3.05) is 23.4 Å². The van der Waals surface area contributed by atoms with Crippen molar-refractivity contribution in [2.24, 2.45) is 0 Å². The molecule has 2 aromatic carbocycles. The van der Waals surface area contributed by atoms with Crippen molar-refractivity contribution in [1.29, 1.82) is 0 Å². The van der Waals surface area contributed by atoms with Gasteiger partial charge in [-0.1, -0.05) is 36.4 Å². The number of aromatic nitrogens is 2. The number of amides is 1. The molecule has 0 bridgehead atoms. The summed E-state index contributed by atoms with van der Waals surface area (Å²) in [7, 11) is 1.74. The van der Waals surface area contributed by atoms with Gasteiger partial charge in [-0.2, -0.15) is 0 Å². The maximum atomic E-state index is 12.6. The third kappa shape index (κ3) is 3.04. The topological polar surface area (TPSA) is 49.3 Å². The van der Waals surface area contributed by atoms with Crippen molar-refractivity contribution in [3.8, 4) is 0 Å². The molecule has 2 heterocycles. The third-order valence-electron chi connectivity index (χ3n) is 4.70. The minimum atomic E-state index is -0.172. The first-order valence-electron chi connectivity index (χ1n) is 8.76. The summed E-state index contributed by atoms with van der Waals surface area (Å²) in [6.45, 7) is 0.906. The van der Waals surface area contributed by atoms with Crippen molar-refractivity contribution in [1.82, 2.24) is 10.2 Å². The molecule has 4 rings (SSSR count). The van der Waals surface area contributed by atoms with E-state index in [2.05, 4.69) is 33.3 Å². The Bertz CT molecular complexity index is 909. The molecule has 0 unspecified atom stereocenters. The summed E-state index contributed by atoms with van der Waals surface area (Å²) in [6, 6.07) is 21.5. The van der Waals surface area contributed by atoms with Gasteiger partial charge in [-0.25, -0.2) is 0 Å². The molecule has 0 radical (unpaired) electrons. The normalized spacial score (nSPS) is 13.2. The highest BCUT2D eigenvalue weighted by molar-refractivity contribution is 6.04. The first-order valence-corrected chi connectivity index (χ1v) is 8.76. The van der Waals surface area contributed by atoms with Gasteiger partial charge in [-0.15, -0.1) is 10.2 Å². The molecule has 130 valence electrons. The monoisotopic (exact) mass is 344 g/mol. The average Bonchev–Trinajstić information content (AvgIpc) is 2.73. The van der Waals surface area contributed by atoms with Gasteiger partial charge in [0, 0.05) is 25.0 Å². The molecule has 3 aromatic rings. The van der Waals surface area contributed by atoms with Crippen LogP contribution < -0.4 is 9.80 Å². The average molecular weight is 344 g/mol. The van der Waals surface area contributed by atoms with Gasteiger partial charge in [0.25, 0.3) is 5.91 Å². The minimum absolute atomic E-state index is 0.172. The van der Waals surface area contributed by atoms with Gasteiger partial charge in [0.1, 0.15) is 0 Å². The number of hydrogen-bond acceptors (Lipinski definition) is 4. The molecule has 0 aliphatic carbocycles. The highest BCUT2D eigenvalue weighted by Gasteiger charge is 2.20. The zero-order valence-corrected chi connectivity index (χ0v) is 14.7. The van der Waals surface area contributed by atoms with E-state index in [1.807, 2.05) is 42.5 Å². The highest BCUT2D eigenvalue weighted by atomic mass is 16.2. The Balaban J connectivity index is 1.57. The predicted octanol–water partition coefficient (Wildman–Crippen LogP) is 3.84. The molecule has 1 aliphatic rings. The number of para-hydroxylation sites is 2. The highest BCUT2D eigenvalue weighted by Crippen LogP contribution is 2.31. The zero-order chi connectivity index (χ0) is 17.9. The van der Waals surface area contributed by atoms with Crippen LogP contribution in [0.25, 0.3) is 0 Å². The SMILES string of the molecule is CN(C(=O)c1ccc(N2CCCc3ccccc32)nn1)c1ccccc1. The molecular weight excluding hydrogens is 324 g/mol. The summed E-state index contributed by atoms with van der Waals surface area (Å²) in [4.78, 5) is 16.4. The quantitative estimate of drug-likeness (QED) is 0.724. The molecular formula is C21H20N4O. The molecule has 0 saturated carbocycles. The fraction of sp³-hybridized carbons (Fsp3) is 0.190. The number of carbonyl (C=O) groups excluding carboxylic acids is 1. The second kappa shape index (κ2) is 6.96. The van der Waals surface area contributed by atoms with Crippen LogP contribution in [-0.2, 0) is 6.42 Å². The Morgan fingerprint density at radius 3 is 2.50 bits per heavy atom. The van der Waals surface area contributed by atoms with E-state index in [0.717, 1.165) is 30.9 Å². The van der Waals surface area contributed by atoms with Crippen LogP contribution in [0, 0.1) is 0 Å². The lowest BCUT2D eigenvalue weighted by Crippen LogP contribution is -2.28. The molecule has 5 nitrogen and oxygen atoms in total. The molecule has 0 N–H and O–H groups in total. The van der Waals surface area contributed by atoms with Crippen LogP contribution in [0.1, 0.15) is 22.5 Å². The molecule has 1 aliphatic heterocycles. The maximum Gasteiger partial charge on any atom is 0.278 e. The van der Waals surface area contributed by atoms with Gasteiger partial charge in [0.15, 0.2) is 11.5 Å². The number of rotatable bonds is 3. The number of nitrogens with zero attached hydrogens (tertiary/aromatic N) is 4. The molecule has 0 spiro atoms. The van der Waals surface area contributed by atoms with Crippen molar-refractivity contribution in [3.63, 3.8) is 0 Å². The van der Waals surface area contributed by atoms with E-state index in [0.29, 0.717) is 5.69 Å². The number of hydrogen-bond donors (Lipinski definition) is 0.